The summed E-state index contributed by atoms with van der Waals surface area (Å²) in [5, 5.41) is 7.61. The summed E-state index contributed by atoms with van der Waals surface area (Å²) in [7, 11) is 1.94. The van der Waals surface area contributed by atoms with Crippen molar-refractivity contribution in [3.05, 3.63) is 48.3 Å². The first-order valence-electron chi connectivity index (χ1n) is 8.29. The molecule has 0 saturated carbocycles. The highest BCUT2D eigenvalue weighted by Gasteiger charge is 2.21. The first-order valence-corrected chi connectivity index (χ1v) is 8.29. The smallest absolute Gasteiger partial charge is 0.226 e. The van der Waals surface area contributed by atoms with E-state index in [0.717, 1.165) is 43.6 Å². The summed E-state index contributed by atoms with van der Waals surface area (Å²) >= 11 is 0. The van der Waals surface area contributed by atoms with E-state index in [1.165, 1.54) is 0 Å². The molecule has 1 amide bonds. The second kappa shape index (κ2) is 7.42. The van der Waals surface area contributed by atoms with Crippen LogP contribution >= 0.6 is 0 Å². The number of nitrogens with one attached hydrogen (secondary N) is 1. The largest absolute Gasteiger partial charge is 0.342 e. The van der Waals surface area contributed by atoms with Gasteiger partial charge in [-0.25, -0.2) is 4.68 Å². The average Bonchev–Trinajstić information content (AvgIpc) is 2.97. The Hall–Kier alpha value is -2.14. The van der Waals surface area contributed by atoms with Crippen molar-refractivity contribution >= 4 is 5.91 Å². The predicted octanol–water partition coefficient (Wildman–Crippen LogP) is 2.02. The normalized spacial score (nSPS) is 18.4. The van der Waals surface area contributed by atoms with E-state index < -0.39 is 0 Å². The summed E-state index contributed by atoms with van der Waals surface area (Å²) in [5.41, 5.74) is 2.05. The van der Waals surface area contributed by atoms with E-state index in [1.807, 2.05) is 53.2 Å². The zero-order chi connectivity index (χ0) is 16.1. The van der Waals surface area contributed by atoms with Crippen LogP contribution < -0.4 is 5.32 Å². The van der Waals surface area contributed by atoms with Gasteiger partial charge in [-0.1, -0.05) is 12.1 Å². The number of carbonyl (C=O) groups is 1. The van der Waals surface area contributed by atoms with Gasteiger partial charge in [-0.15, -0.1) is 0 Å². The molecule has 2 heterocycles. The lowest BCUT2D eigenvalue weighted by molar-refractivity contribution is -0.131. The molecule has 2 aromatic rings. The third-order valence-electron chi connectivity index (χ3n) is 4.55. The summed E-state index contributed by atoms with van der Waals surface area (Å²) in [5.74, 6) is 0.198. The van der Waals surface area contributed by atoms with E-state index in [0.29, 0.717) is 12.5 Å². The predicted molar refractivity (Wildman–Crippen MR) is 90.5 cm³/mol. The molecule has 5 nitrogen and oxygen atoms in total. The molecule has 1 N–H and O–H groups in total. The molecular weight excluding hydrogens is 288 g/mol. The van der Waals surface area contributed by atoms with Gasteiger partial charge < -0.3 is 10.2 Å². The molecule has 1 unspecified atom stereocenters. The number of benzene rings is 1. The fraction of sp³-hybridized carbons (Fsp3) is 0.444. The Morgan fingerprint density at radius 2 is 2.13 bits per heavy atom. The third kappa shape index (κ3) is 3.99. The number of hydrogen-bond acceptors (Lipinski definition) is 3. The second-order valence-corrected chi connectivity index (χ2v) is 6.13. The molecule has 1 atom stereocenters. The minimum absolute atomic E-state index is 0.198. The van der Waals surface area contributed by atoms with Crippen LogP contribution in [0.5, 0.6) is 0 Å². The quantitative estimate of drug-likeness (QED) is 0.939. The molecule has 122 valence electrons. The highest BCUT2D eigenvalue weighted by atomic mass is 16.2. The average molecular weight is 312 g/mol. The molecule has 0 radical (unpaired) electrons. The van der Waals surface area contributed by atoms with Gasteiger partial charge in [0.05, 0.1) is 12.1 Å². The highest BCUT2D eigenvalue weighted by Crippen LogP contribution is 2.15. The van der Waals surface area contributed by atoms with Crippen molar-refractivity contribution in [2.45, 2.75) is 31.7 Å². The Labute approximate surface area is 137 Å². The van der Waals surface area contributed by atoms with E-state index in [-0.39, 0.29) is 5.91 Å². The first-order chi connectivity index (χ1) is 11.2. The Morgan fingerprint density at radius 3 is 2.87 bits per heavy atom. The molecule has 5 heteroatoms. The molecule has 23 heavy (non-hydrogen) atoms. The highest BCUT2D eigenvalue weighted by molar-refractivity contribution is 5.78. The van der Waals surface area contributed by atoms with Crippen LogP contribution in [0, 0.1) is 0 Å². The minimum atomic E-state index is 0.198. The van der Waals surface area contributed by atoms with Gasteiger partial charge in [-0.05, 0) is 56.1 Å². The van der Waals surface area contributed by atoms with Crippen LogP contribution in [0.1, 0.15) is 24.8 Å². The van der Waals surface area contributed by atoms with E-state index in [1.54, 1.807) is 6.20 Å². The topological polar surface area (TPSA) is 50.2 Å². The molecule has 0 aliphatic carbocycles. The number of nitrogens with zero attached hydrogens (tertiary/aromatic N) is 3. The van der Waals surface area contributed by atoms with Crippen LogP contribution in [0.25, 0.3) is 5.69 Å². The number of hydrogen-bond donors (Lipinski definition) is 1. The van der Waals surface area contributed by atoms with Crippen molar-refractivity contribution in [3.8, 4) is 5.69 Å². The van der Waals surface area contributed by atoms with Gasteiger partial charge in [0.1, 0.15) is 0 Å². The summed E-state index contributed by atoms with van der Waals surface area (Å²) < 4.78 is 1.82. The summed E-state index contributed by atoms with van der Waals surface area (Å²) in [6, 6.07) is 10.3. The number of rotatable bonds is 4. The maximum absolute atomic E-state index is 12.5. The first kappa shape index (κ1) is 15.7. The van der Waals surface area contributed by atoms with Crippen molar-refractivity contribution in [2.24, 2.45) is 0 Å². The molecule has 1 aromatic heterocycles. The van der Waals surface area contributed by atoms with Gasteiger partial charge in [-0.3, -0.25) is 4.79 Å². The minimum Gasteiger partial charge on any atom is -0.342 e. The van der Waals surface area contributed by atoms with Gasteiger partial charge in [0, 0.05) is 25.5 Å². The van der Waals surface area contributed by atoms with E-state index in [4.69, 9.17) is 0 Å². The number of aromatic nitrogens is 2. The molecule has 1 aliphatic heterocycles. The van der Waals surface area contributed by atoms with Crippen LogP contribution in [0.2, 0.25) is 0 Å². The molecule has 1 fully saturated rings. The number of likely N-dealkylation sites (N-methyl/N-ethyl adjacent to an activating group) is 1. The number of carbonyl (C=O) groups excluding carboxylic acids is 1. The molecule has 3 rings (SSSR count). The van der Waals surface area contributed by atoms with Crippen molar-refractivity contribution in [1.82, 2.24) is 20.0 Å². The number of amides is 1. The van der Waals surface area contributed by atoms with Gasteiger partial charge in [-0.2, -0.15) is 5.10 Å². The third-order valence-corrected chi connectivity index (χ3v) is 4.55. The second-order valence-electron chi connectivity index (χ2n) is 6.13. The summed E-state index contributed by atoms with van der Waals surface area (Å²) in [6.07, 6.45) is 7.40. The summed E-state index contributed by atoms with van der Waals surface area (Å²) in [4.78, 5) is 14.5. The SMILES string of the molecule is CN(C(=O)Cc1ccc(-n2cccn2)cc1)C1CCCNCC1. The molecule has 0 spiro atoms. The van der Waals surface area contributed by atoms with Gasteiger partial charge in [0.25, 0.3) is 0 Å². The molecule has 1 aromatic carbocycles. The zero-order valence-electron chi connectivity index (χ0n) is 13.6. The van der Waals surface area contributed by atoms with Gasteiger partial charge >= 0.3 is 0 Å². The van der Waals surface area contributed by atoms with E-state index >= 15 is 0 Å². The van der Waals surface area contributed by atoms with Crippen LogP contribution in [0.4, 0.5) is 0 Å². The lowest BCUT2D eigenvalue weighted by Gasteiger charge is -2.27. The fourth-order valence-electron chi connectivity index (χ4n) is 3.08. The van der Waals surface area contributed by atoms with Crippen molar-refractivity contribution in [3.63, 3.8) is 0 Å². The maximum atomic E-state index is 12.5. The maximum Gasteiger partial charge on any atom is 0.226 e. The molecule has 1 aliphatic rings. The van der Waals surface area contributed by atoms with Crippen molar-refractivity contribution in [2.75, 3.05) is 20.1 Å². The Kier molecular flexibility index (Phi) is 5.08. The zero-order valence-corrected chi connectivity index (χ0v) is 13.6. The van der Waals surface area contributed by atoms with Crippen LogP contribution in [-0.4, -0.2) is 46.8 Å². The van der Waals surface area contributed by atoms with Gasteiger partial charge in [0.15, 0.2) is 0 Å². The standard InChI is InChI=1S/C18H24N4O/c1-21(16-4-2-10-19-12-9-16)18(23)14-15-5-7-17(8-6-15)22-13-3-11-20-22/h3,5-8,11,13,16,19H,2,4,9-10,12,14H2,1H3. The van der Waals surface area contributed by atoms with Crippen LogP contribution in [0.15, 0.2) is 42.7 Å². The fourth-order valence-corrected chi connectivity index (χ4v) is 3.08. The monoisotopic (exact) mass is 312 g/mol. The Balaban J connectivity index is 1.60. The lowest BCUT2D eigenvalue weighted by Crippen LogP contribution is -2.38. The summed E-state index contributed by atoms with van der Waals surface area (Å²) in [6.45, 7) is 2.06. The van der Waals surface area contributed by atoms with E-state index in [2.05, 4.69) is 10.4 Å². The molecular formula is C18H24N4O. The Bertz CT molecular complexity index is 613. The molecule has 1 saturated heterocycles. The van der Waals surface area contributed by atoms with Gasteiger partial charge in [0.2, 0.25) is 5.91 Å². The lowest BCUT2D eigenvalue weighted by atomic mass is 10.1. The van der Waals surface area contributed by atoms with E-state index in [9.17, 15) is 4.79 Å². The van der Waals surface area contributed by atoms with Crippen molar-refractivity contribution < 1.29 is 4.79 Å². The Morgan fingerprint density at radius 1 is 1.30 bits per heavy atom. The van der Waals surface area contributed by atoms with Crippen LogP contribution in [-0.2, 0) is 11.2 Å². The van der Waals surface area contributed by atoms with Crippen LogP contribution in [0.3, 0.4) is 0 Å². The van der Waals surface area contributed by atoms with Crippen molar-refractivity contribution in [1.29, 1.82) is 0 Å². The molecule has 0 bridgehead atoms.